The molecule has 0 aromatic rings. The molecule has 1 N–H and O–H groups in total. The van der Waals surface area contributed by atoms with Gasteiger partial charge in [0.2, 0.25) is 0 Å². The van der Waals surface area contributed by atoms with Gasteiger partial charge in [-0.15, -0.1) is 0 Å². The van der Waals surface area contributed by atoms with Crippen LogP contribution in [0, 0.1) is 11.8 Å². The number of fused-ring (bicyclic) bond motifs is 1. The molecule has 21 heavy (non-hydrogen) atoms. The molecule has 2 heterocycles. The number of rotatable bonds is 7. The Balaban J connectivity index is 1.61. The standard InChI is InChI=1S/C18H37N3/c1-15(2)7-8-16(3)19-10-13-21-12-9-18-17(14-21)6-5-11-20(18)4/h15-19H,5-14H2,1-4H3. The molecule has 0 amide bonds. The molecule has 124 valence electrons. The third kappa shape index (κ3) is 5.54. The van der Waals surface area contributed by atoms with Gasteiger partial charge in [-0.25, -0.2) is 0 Å². The SMILES string of the molecule is CC(C)CCC(C)NCCN1CCC2C(CCCN2C)C1. The lowest BCUT2D eigenvalue weighted by Gasteiger charge is -2.46. The Kier molecular flexibility index (Phi) is 6.97. The first-order chi connectivity index (χ1) is 10.1. The van der Waals surface area contributed by atoms with Crippen molar-refractivity contribution in [3.63, 3.8) is 0 Å². The summed E-state index contributed by atoms with van der Waals surface area (Å²) in [7, 11) is 2.32. The van der Waals surface area contributed by atoms with E-state index in [2.05, 4.69) is 42.9 Å². The summed E-state index contributed by atoms with van der Waals surface area (Å²) >= 11 is 0. The minimum Gasteiger partial charge on any atom is -0.313 e. The maximum atomic E-state index is 3.71. The van der Waals surface area contributed by atoms with Gasteiger partial charge in [0.25, 0.3) is 0 Å². The average Bonchev–Trinajstić information content (AvgIpc) is 2.45. The fourth-order valence-electron chi connectivity index (χ4n) is 4.09. The van der Waals surface area contributed by atoms with E-state index < -0.39 is 0 Å². The van der Waals surface area contributed by atoms with Crippen molar-refractivity contribution in [2.45, 2.75) is 65.0 Å². The molecule has 2 saturated heterocycles. The second-order valence-corrected chi connectivity index (χ2v) is 7.87. The summed E-state index contributed by atoms with van der Waals surface area (Å²) in [4.78, 5) is 5.31. The number of nitrogens with zero attached hydrogens (tertiary/aromatic N) is 2. The van der Waals surface area contributed by atoms with Crippen LogP contribution in [0.1, 0.15) is 52.9 Å². The van der Waals surface area contributed by atoms with E-state index in [0.717, 1.165) is 24.4 Å². The molecule has 0 aliphatic carbocycles. The van der Waals surface area contributed by atoms with E-state index in [9.17, 15) is 0 Å². The van der Waals surface area contributed by atoms with Crippen molar-refractivity contribution in [3.05, 3.63) is 0 Å². The number of hydrogen-bond acceptors (Lipinski definition) is 3. The predicted molar refractivity (Wildman–Crippen MR) is 91.7 cm³/mol. The average molecular weight is 296 g/mol. The highest BCUT2D eigenvalue weighted by Crippen LogP contribution is 2.29. The van der Waals surface area contributed by atoms with Crippen molar-refractivity contribution in [1.82, 2.24) is 15.1 Å². The van der Waals surface area contributed by atoms with Crippen LogP contribution in [-0.4, -0.2) is 61.7 Å². The molecule has 2 aliphatic heterocycles. The van der Waals surface area contributed by atoms with Gasteiger partial charge in [-0.1, -0.05) is 13.8 Å². The Morgan fingerprint density at radius 2 is 1.90 bits per heavy atom. The van der Waals surface area contributed by atoms with Crippen LogP contribution < -0.4 is 5.32 Å². The molecule has 0 spiro atoms. The Bertz CT molecular complexity index is 292. The van der Waals surface area contributed by atoms with Gasteiger partial charge in [-0.3, -0.25) is 0 Å². The summed E-state index contributed by atoms with van der Waals surface area (Å²) in [6.07, 6.45) is 6.88. The summed E-state index contributed by atoms with van der Waals surface area (Å²) in [5.41, 5.74) is 0. The van der Waals surface area contributed by atoms with Crippen molar-refractivity contribution in [2.24, 2.45) is 11.8 Å². The van der Waals surface area contributed by atoms with E-state index in [1.54, 1.807) is 0 Å². The van der Waals surface area contributed by atoms with Crippen LogP contribution >= 0.6 is 0 Å². The molecule has 2 fully saturated rings. The lowest BCUT2D eigenvalue weighted by Crippen LogP contribution is -2.53. The second-order valence-electron chi connectivity index (χ2n) is 7.87. The molecule has 3 heteroatoms. The van der Waals surface area contributed by atoms with Crippen LogP contribution in [0.25, 0.3) is 0 Å². The van der Waals surface area contributed by atoms with Gasteiger partial charge < -0.3 is 15.1 Å². The largest absolute Gasteiger partial charge is 0.313 e. The van der Waals surface area contributed by atoms with Crippen molar-refractivity contribution >= 4 is 0 Å². The van der Waals surface area contributed by atoms with Crippen LogP contribution in [-0.2, 0) is 0 Å². The van der Waals surface area contributed by atoms with E-state index in [1.165, 1.54) is 58.3 Å². The van der Waals surface area contributed by atoms with Crippen molar-refractivity contribution < 1.29 is 0 Å². The molecule has 3 atom stereocenters. The second kappa shape index (κ2) is 8.50. The van der Waals surface area contributed by atoms with Gasteiger partial charge in [-0.2, -0.15) is 0 Å². The third-order valence-electron chi connectivity index (χ3n) is 5.53. The minimum absolute atomic E-state index is 0.672. The van der Waals surface area contributed by atoms with Crippen molar-refractivity contribution in [3.8, 4) is 0 Å². The fourth-order valence-corrected chi connectivity index (χ4v) is 4.09. The van der Waals surface area contributed by atoms with Crippen molar-refractivity contribution in [2.75, 3.05) is 39.8 Å². The zero-order valence-corrected chi connectivity index (χ0v) is 14.8. The molecule has 2 rings (SSSR count). The highest BCUT2D eigenvalue weighted by atomic mass is 15.2. The van der Waals surface area contributed by atoms with Gasteiger partial charge in [0.15, 0.2) is 0 Å². The highest BCUT2D eigenvalue weighted by molar-refractivity contribution is 4.89. The first-order valence-corrected chi connectivity index (χ1v) is 9.22. The number of nitrogens with one attached hydrogen (secondary N) is 1. The molecule has 0 aromatic heterocycles. The quantitative estimate of drug-likeness (QED) is 0.779. The zero-order chi connectivity index (χ0) is 15.2. The normalized spacial score (nSPS) is 29.6. The molecule has 0 bridgehead atoms. The van der Waals surface area contributed by atoms with Gasteiger partial charge in [-0.05, 0) is 71.0 Å². The number of piperidine rings is 2. The van der Waals surface area contributed by atoms with Gasteiger partial charge in [0, 0.05) is 31.7 Å². The summed E-state index contributed by atoms with van der Waals surface area (Å²) in [6, 6.07) is 1.54. The van der Waals surface area contributed by atoms with Crippen LogP contribution in [0.5, 0.6) is 0 Å². The molecular weight excluding hydrogens is 258 g/mol. The Labute approximate surface area is 132 Å². The van der Waals surface area contributed by atoms with Crippen LogP contribution in [0.4, 0.5) is 0 Å². The summed E-state index contributed by atoms with van der Waals surface area (Å²) in [5.74, 6) is 1.76. The van der Waals surface area contributed by atoms with E-state index in [-0.39, 0.29) is 0 Å². The number of likely N-dealkylation sites (tertiary alicyclic amines) is 2. The summed E-state index contributed by atoms with van der Waals surface area (Å²) < 4.78 is 0. The lowest BCUT2D eigenvalue weighted by atomic mass is 9.84. The van der Waals surface area contributed by atoms with Gasteiger partial charge >= 0.3 is 0 Å². The topological polar surface area (TPSA) is 18.5 Å². The van der Waals surface area contributed by atoms with Crippen LogP contribution in [0.3, 0.4) is 0 Å². The first-order valence-electron chi connectivity index (χ1n) is 9.22. The monoisotopic (exact) mass is 295 g/mol. The lowest BCUT2D eigenvalue weighted by molar-refractivity contribution is 0.0389. The van der Waals surface area contributed by atoms with Crippen LogP contribution in [0.2, 0.25) is 0 Å². The van der Waals surface area contributed by atoms with E-state index in [4.69, 9.17) is 0 Å². The summed E-state index contributed by atoms with van der Waals surface area (Å²) in [5, 5.41) is 3.71. The molecular formula is C18H37N3. The molecule has 0 radical (unpaired) electrons. The van der Waals surface area contributed by atoms with Crippen molar-refractivity contribution in [1.29, 1.82) is 0 Å². The molecule has 0 saturated carbocycles. The van der Waals surface area contributed by atoms with E-state index >= 15 is 0 Å². The minimum atomic E-state index is 0.672. The van der Waals surface area contributed by atoms with Gasteiger partial charge in [0.05, 0.1) is 0 Å². The summed E-state index contributed by atoms with van der Waals surface area (Å²) in [6.45, 7) is 13.3. The Morgan fingerprint density at radius 1 is 1.10 bits per heavy atom. The number of hydrogen-bond donors (Lipinski definition) is 1. The van der Waals surface area contributed by atoms with Gasteiger partial charge in [0.1, 0.15) is 0 Å². The van der Waals surface area contributed by atoms with Crippen LogP contribution in [0.15, 0.2) is 0 Å². The predicted octanol–water partition coefficient (Wildman–Crippen LogP) is 2.82. The highest BCUT2D eigenvalue weighted by Gasteiger charge is 2.33. The Hall–Kier alpha value is -0.120. The Morgan fingerprint density at radius 3 is 2.67 bits per heavy atom. The molecule has 3 nitrogen and oxygen atoms in total. The van der Waals surface area contributed by atoms with E-state index in [0.29, 0.717) is 6.04 Å². The fraction of sp³-hybridized carbons (Fsp3) is 1.00. The maximum absolute atomic E-state index is 3.71. The molecule has 3 unspecified atom stereocenters. The third-order valence-corrected chi connectivity index (χ3v) is 5.53. The zero-order valence-electron chi connectivity index (χ0n) is 14.8. The van der Waals surface area contributed by atoms with E-state index in [1.807, 2.05) is 0 Å². The maximum Gasteiger partial charge on any atom is 0.0145 e. The first kappa shape index (κ1) is 17.2. The smallest absolute Gasteiger partial charge is 0.0145 e. The molecule has 2 aliphatic rings. The molecule has 0 aromatic carbocycles.